The molecule has 0 bridgehead atoms. The quantitative estimate of drug-likeness (QED) is 0.863. The molecule has 2 nitrogen and oxygen atoms in total. The summed E-state index contributed by atoms with van der Waals surface area (Å²) in [4.78, 5) is 5.51. The number of aryl methyl sites for hydroxylation is 3. The Morgan fingerprint density at radius 2 is 1.94 bits per heavy atom. The topological polar surface area (TPSA) is 38.9 Å². The minimum absolute atomic E-state index is 0.663. The van der Waals surface area contributed by atoms with Crippen molar-refractivity contribution in [2.45, 2.75) is 27.2 Å². The Morgan fingerprint density at radius 1 is 1.19 bits per heavy atom. The van der Waals surface area contributed by atoms with Crippen molar-refractivity contribution in [3.63, 3.8) is 0 Å². The maximum atomic E-state index is 5.69. The van der Waals surface area contributed by atoms with Crippen molar-refractivity contribution in [3.05, 3.63) is 45.5 Å². The second-order valence-electron chi connectivity index (χ2n) is 4.16. The van der Waals surface area contributed by atoms with Crippen LogP contribution in [-0.4, -0.2) is 4.98 Å². The summed E-state index contributed by atoms with van der Waals surface area (Å²) in [5.41, 5.74) is 10.8. The molecule has 2 aromatic rings. The zero-order chi connectivity index (χ0) is 11.7. The van der Waals surface area contributed by atoms with Crippen LogP contribution in [0.1, 0.15) is 27.3 Å². The molecule has 0 aliphatic carbocycles. The smallest absolute Gasteiger partial charge is 0.180 e. The van der Waals surface area contributed by atoms with Gasteiger partial charge in [-0.05, 0) is 37.5 Å². The molecule has 0 spiro atoms. The minimum atomic E-state index is 0.663. The maximum Gasteiger partial charge on any atom is 0.180 e. The number of nitrogen functional groups attached to an aromatic ring is 1. The first-order valence-electron chi connectivity index (χ1n) is 5.34. The molecule has 1 aromatic heterocycles. The van der Waals surface area contributed by atoms with Crippen LogP contribution >= 0.6 is 11.3 Å². The Labute approximate surface area is 100 Å². The lowest BCUT2D eigenvalue weighted by atomic mass is 10.0. The van der Waals surface area contributed by atoms with Crippen LogP contribution in [0.4, 0.5) is 5.13 Å². The predicted octanol–water partition coefficient (Wildman–Crippen LogP) is 3.24. The molecule has 0 fully saturated rings. The zero-order valence-electron chi connectivity index (χ0n) is 9.87. The Balaban J connectivity index is 2.27. The van der Waals surface area contributed by atoms with Crippen LogP contribution in [0.3, 0.4) is 0 Å². The molecule has 0 saturated carbocycles. The van der Waals surface area contributed by atoms with Gasteiger partial charge in [0.25, 0.3) is 0 Å². The van der Waals surface area contributed by atoms with Gasteiger partial charge in [0.1, 0.15) is 0 Å². The van der Waals surface area contributed by atoms with Crippen LogP contribution in [-0.2, 0) is 6.42 Å². The van der Waals surface area contributed by atoms with Gasteiger partial charge >= 0.3 is 0 Å². The van der Waals surface area contributed by atoms with Gasteiger partial charge in [0, 0.05) is 11.3 Å². The summed E-state index contributed by atoms with van der Waals surface area (Å²) in [5, 5.41) is 0.663. The van der Waals surface area contributed by atoms with Gasteiger partial charge in [0.15, 0.2) is 5.13 Å². The molecular weight excluding hydrogens is 216 g/mol. The monoisotopic (exact) mass is 232 g/mol. The second-order valence-corrected chi connectivity index (χ2v) is 5.27. The summed E-state index contributed by atoms with van der Waals surface area (Å²) in [6, 6.07) is 6.59. The van der Waals surface area contributed by atoms with Crippen LogP contribution in [0.5, 0.6) is 0 Å². The van der Waals surface area contributed by atoms with Gasteiger partial charge in [0.05, 0.1) is 5.69 Å². The molecule has 2 rings (SSSR count). The van der Waals surface area contributed by atoms with Crippen LogP contribution in [0.15, 0.2) is 18.2 Å². The van der Waals surface area contributed by atoms with Crippen LogP contribution in [0, 0.1) is 20.8 Å². The van der Waals surface area contributed by atoms with Crippen molar-refractivity contribution >= 4 is 16.5 Å². The molecule has 0 saturated heterocycles. The van der Waals surface area contributed by atoms with Crippen LogP contribution in [0.2, 0.25) is 0 Å². The third kappa shape index (κ3) is 2.25. The zero-order valence-corrected chi connectivity index (χ0v) is 10.7. The first-order valence-corrected chi connectivity index (χ1v) is 6.16. The number of anilines is 1. The van der Waals surface area contributed by atoms with Gasteiger partial charge in [-0.25, -0.2) is 4.98 Å². The van der Waals surface area contributed by atoms with E-state index in [9.17, 15) is 0 Å². The van der Waals surface area contributed by atoms with Crippen LogP contribution < -0.4 is 5.73 Å². The summed E-state index contributed by atoms with van der Waals surface area (Å²) in [6.07, 6.45) is 0.932. The Bertz CT molecular complexity index is 515. The number of thiazole rings is 1. The molecule has 3 heteroatoms. The van der Waals surface area contributed by atoms with Crippen molar-refractivity contribution in [2.75, 3.05) is 5.73 Å². The van der Waals surface area contributed by atoms with E-state index in [0.717, 1.165) is 12.1 Å². The minimum Gasteiger partial charge on any atom is -0.375 e. The Hall–Kier alpha value is -1.35. The van der Waals surface area contributed by atoms with Gasteiger partial charge < -0.3 is 5.73 Å². The third-order valence-corrected chi connectivity index (χ3v) is 3.83. The normalized spacial score (nSPS) is 10.7. The maximum absolute atomic E-state index is 5.69. The lowest BCUT2D eigenvalue weighted by Crippen LogP contribution is -1.90. The number of nitrogens with zero attached hydrogens (tertiary/aromatic N) is 1. The summed E-state index contributed by atoms with van der Waals surface area (Å²) >= 11 is 1.59. The molecule has 1 heterocycles. The Morgan fingerprint density at radius 3 is 2.50 bits per heavy atom. The molecule has 0 aliphatic heterocycles. The predicted molar refractivity (Wildman–Crippen MR) is 70.0 cm³/mol. The lowest BCUT2D eigenvalue weighted by Gasteiger charge is -2.04. The van der Waals surface area contributed by atoms with Gasteiger partial charge in [-0.15, -0.1) is 11.3 Å². The fraction of sp³-hybridized carbons (Fsp3) is 0.308. The molecule has 1 aromatic carbocycles. The molecule has 0 radical (unpaired) electrons. The van der Waals surface area contributed by atoms with E-state index in [1.165, 1.54) is 21.6 Å². The number of rotatable bonds is 2. The number of hydrogen-bond acceptors (Lipinski definition) is 3. The van der Waals surface area contributed by atoms with E-state index in [0.29, 0.717) is 5.13 Å². The van der Waals surface area contributed by atoms with Crippen molar-refractivity contribution < 1.29 is 0 Å². The first-order chi connectivity index (χ1) is 7.56. The van der Waals surface area contributed by atoms with Crippen molar-refractivity contribution in [1.29, 1.82) is 0 Å². The van der Waals surface area contributed by atoms with Gasteiger partial charge in [-0.2, -0.15) is 0 Å². The summed E-state index contributed by atoms with van der Waals surface area (Å²) in [6.45, 7) is 6.30. The van der Waals surface area contributed by atoms with Crippen molar-refractivity contribution in [1.82, 2.24) is 4.98 Å². The highest BCUT2D eigenvalue weighted by Gasteiger charge is 2.06. The highest BCUT2D eigenvalue weighted by Crippen LogP contribution is 2.23. The molecular formula is C13H16N2S. The molecule has 0 aliphatic rings. The van der Waals surface area contributed by atoms with Gasteiger partial charge in [-0.1, -0.05) is 18.2 Å². The molecule has 0 amide bonds. The SMILES string of the molecule is Cc1ccc(Cc2sc(N)nc2C)cc1C. The van der Waals surface area contributed by atoms with E-state index in [4.69, 9.17) is 5.73 Å². The molecule has 0 unspecified atom stereocenters. The van der Waals surface area contributed by atoms with E-state index in [-0.39, 0.29) is 0 Å². The summed E-state index contributed by atoms with van der Waals surface area (Å²) in [7, 11) is 0. The third-order valence-electron chi connectivity index (χ3n) is 2.85. The lowest BCUT2D eigenvalue weighted by molar-refractivity contribution is 1.14. The summed E-state index contributed by atoms with van der Waals surface area (Å²) < 4.78 is 0. The highest BCUT2D eigenvalue weighted by molar-refractivity contribution is 7.15. The average molecular weight is 232 g/mol. The van der Waals surface area contributed by atoms with E-state index < -0.39 is 0 Å². The first kappa shape index (κ1) is 11.1. The van der Waals surface area contributed by atoms with E-state index in [2.05, 4.69) is 37.0 Å². The van der Waals surface area contributed by atoms with E-state index in [1.54, 1.807) is 11.3 Å². The average Bonchev–Trinajstić information content (AvgIpc) is 2.51. The van der Waals surface area contributed by atoms with Gasteiger partial charge in [-0.3, -0.25) is 0 Å². The number of benzene rings is 1. The van der Waals surface area contributed by atoms with Crippen LogP contribution in [0.25, 0.3) is 0 Å². The Kier molecular flexibility index (Phi) is 2.97. The molecule has 16 heavy (non-hydrogen) atoms. The van der Waals surface area contributed by atoms with Crippen molar-refractivity contribution in [2.24, 2.45) is 0 Å². The number of hydrogen-bond donors (Lipinski definition) is 1. The largest absolute Gasteiger partial charge is 0.375 e. The van der Waals surface area contributed by atoms with E-state index >= 15 is 0 Å². The number of nitrogens with two attached hydrogens (primary N) is 1. The highest BCUT2D eigenvalue weighted by atomic mass is 32.1. The standard InChI is InChI=1S/C13H16N2S/c1-8-4-5-11(6-9(8)2)7-12-10(3)15-13(14)16-12/h4-6H,7H2,1-3H3,(H2,14,15). The molecule has 0 atom stereocenters. The molecule has 84 valence electrons. The second kappa shape index (κ2) is 4.26. The number of aromatic nitrogens is 1. The molecule has 2 N–H and O–H groups in total. The fourth-order valence-corrected chi connectivity index (χ4v) is 2.58. The van der Waals surface area contributed by atoms with Crippen molar-refractivity contribution in [3.8, 4) is 0 Å². The van der Waals surface area contributed by atoms with E-state index in [1.807, 2.05) is 6.92 Å². The van der Waals surface area contributed by atoms with Gasteiger partial charge in [0.2, 0.25) is 0 Å². The fourth-order valence-electron chi connectivity index (χ4n) is 1.71. The summed E-state index contributed by atoms with van der Waals surface area (Å²) in [5.74, 6) is 0.